The number of benzene rings is 2. The summed E-state index contributed by atoms with van der Waals surface area (Å²) in [5.41, 5.74) is 3.89. The summed E-state index contributed by atoms with van der Waals surface area (Å²) in [6, 6.07) is 15.2. The van der Waals surface area contributed by atoms with Gasteiger partial charge in [0.1, 0.15) is 17.9 Å². The summed E-state index contributed by atoms with van der Waals surface area (Å²) < 4.78 is 17.1. The first-order chi connectivity index (χ1) is 15.0. The van der Waals surface area contributed by atoms with E-state index >= 15 is 0 Å². The Bertz CT molecular complexity index is 1480. The average Bonchev–Trinajstić information content (AvgIpc) is 3.32. The second-order valence-electron chi connectivity index (χ2n) is 7.21. The largest absolute Gasteiger partial charge is 0.350 e. The molecule has 3 heterocycles. The molecule has 0 spiro atoms. The molecule has 8 nitrogen and oxygen atoms in total. The van der Waals surface area contributed by atoms with Crippen molar-refractivity contribution in [3.05, 3.63) is 88.9 Å². The third-order valence-corrected chi connectivity index (χ3v) is 4.96. The number of nitrogens with zero attached hydrogens (tertiary/aromatic N) is 5. The standard InChI is InChI=1S/C22H17FN6O2/c1-14-2-4-15(5-3-14)18-12-19-21-26-29(22(31)27(21)10-11-28(19)25-18)13-20(30)24-17-8-6-16(23)7-9-17/h2-12H,13H2,1H3,(H,24,30). The lowest BCUT2D eigenvalue weighted by molar-refractivity contribution is -0.117. The summed E-state index contributed by atoms with van der Waals surface area (Å²) in [6.07, 6.45) is 3.24. The summed E-state index contributed by atoms with van der Waals surface area (Å²) >= 11 is 0. The van der Waals surface area contributed by atoms with Gasteiger partial charge in [-0.3, -0.25) is 4.79 Å². The van der Waals surface area contributed by atoms with E-state index in [0.717, 1.165) is 21.5 Å². The molecule has 2 aromatic carbocycles. The molecular formula is C22H17FN6O2. The number of nitrogens with one attached hydrogen (secondary N) is 1. The van der Waals surface area contributed by atoms with Crippen LogP contribution in [0.5, 0.6) is 0 Å². The first kappa shape index (κ1) is 18.7. The van der Waals surface area contributed by atoms with E-state index < -0.39 is 17.4 Å². The highest BCUT2D eigenvalue weighted by Gasteiger charge is 2.15. The summed E-state index contributed by atoms with van der Waals surface area (Å²) in [7, 11) is 0. The summed E-state index contributed by atoms with van der Waals surface area (Å²) in [5, 5.41) is 11.5. The van der Waals surface area contributed by atoms with Gasteiger partial charge in [-0.2, -0.15) is 5.10 Å². The van der Waals surface area contributed by atoms with Gasteiger partial charge in [-0.1, -0.05) is 29.8 Å². The zero-order valence-electron chi connectivity index (χ0n) is 16.5. The van der Waals surface area contributed by atoms with Gasteiger partial charge in [-0.05, 0) is 37.3 Å². The lowest BCUT2D eigenvalue weighted by atomic mass is 10.1. The molecule has 1 amide bonds. The number of hydrogen-bond acceptors (Lipinski definition) is 4. The molecule has 1 N–H and O–H groups in total. The van der Waals surface area contributed by atoms with E-state index in [1.54, 1.807) is 16.9 Å². The number of halogens is 1. The second-order valence-corrected chi connectivity index (χ2v) is 7.21. The first-order valence-electron chi connectivity index (χ1n) is 9.58. The Hall–Kier alpha value is -4.27. The molecule has 154 valence electrons. The number of aryl methyl sites for hydroxylation is 1. The Morgan fingerprint density at radius 2 is 1.77 bits per heavy atom. The molecule has 0 aliphatic rings. The number of rotatable bonds is 4. The third-order valence-electron chi connectivity index (χ3n) is 4.96. The first-order valence-corrected chi connectivity index (χ1v) is 9.58. The maximum absolute atomic E-state index is 13.0. The molecule has 9 heteroatoms. The van der Waals surface area contributed by atoms with Crippen molar-refractivity contribution < 1.29 is 9.18 Å². The monoisotopic (exact) mass is 416 g/mol. The van der Waals surface area contributed by atoms with E-state index in [2.05, 4.69) is 15.5 Å². The van der Waals surface area contributed by atoms with Crippen LogP contribution in [0.15, 0.2) is 71.8 Å². The maximum Gasteiger partial charge on any atom is 0.350 e. The number of carbonyl (C=O) groups excluding carboxylic acids is 1. The fourth-order valence-electron chi connectivity index (χ4n) is 3.37. The van der Waals surface area contributed by atoms with Crippen molar-refractivity contribution in [3.63, 3.8) is 0 Å². The lowest BCUT2D eigenvalue weighted by Gasteiger charge is -2.04. The van der Waals surface area contributed by atoms with Gasteiger partial charge in [0.25, 0.3) is 0 Å². The molecule has 3 aromatic heterocycles. The molecule has 5 rings (SSSR count). The summed E-state index contributed by atoms with van der Waals surface area (Å²) in [4.78, 5) is 25.1. The van der Waals surface area contributed by atoms with Crippen LogP contribution in [0.2, 0.25) is 0 Å². The minimum atomic E-state index is -0.443. The second kappa shape index (κ2) is 7.21. The van der Waals surface area contributed by atoms with Gasteiger partial charge in [0, 0.05) is 23.6 Å². The molecule has 0 bridgehead atoms. The van der Waals surface area contributed by atoms with E-state index in [4.69, 9.17) is 0 Å². The van der Waals surface area contributed by atoms with Crippen molar-refractivity contribution in [2.24, 2.45) is 0 Å². The molecule has 0 aliphatic heterocycles. The normalized spacial score (nSPS) is 11.3. The number of anilines is 1. The van der Waals surface area contributed by atoms with E-state index in [9.17, 15) is 14.0 Å². The van der Waals surface area contributed by atoms with Gasteiger partial charge < -0.3 is 5.32 Å². The molecule has 0 atom stereocenters. The molecule has 5 aromatic rings. The SMILES string of the molecule is Cc1ccc(-c2cc3c4nn(CC(=O)Nc5ccc(F)cc5)c(=O)n4ccn3n2)cc1. The maximum atomic E-state index is 13.0. The molecular weight excluding hydrogens is 399 g/mol. The quantitative estimate of drug-likeness (QED) is 0.488. The molecule has 0 saturated carbocycles. The van der Waals surface area contributed by atoms with Crippen LogP contribution in [0.1, 0.15) is 5.56 Å². The highest BCUT2D eigenvalue weighted by Crippen LogP contribution is 2.21. The predicted octanol–water partition coefficient (Wildman–Crippen LogP) is 2.90. The van der Waals surface area contributed by atoms with Crippen molar-refractivity contribution in [1.29, 1.82) is 0 Å². The fraction of sp³-hybridized carbons (Fsp3) is 0.0909. The zero-order chi connectivity index (χ0) is 21.5. The van der Waals surface area contributed by atoms with Gasteiger partial charge >= 0.3 is 5.69 Å². The van der Waals surface area contributed by atoms with Crippen LogP contribution >= 0.6 is 0 Å². The number of aromatic nitrogens is 5. The summed E-state index contributed by atoms with van der Waals surface area (Å²) in [5.74, 6) is -0.841. The Labute approximate surface area is 175 Å². The van der Waals surface area contributed by atoms with Crippen LogP contribution in [0.4, 0.5) is 10.1 Å². The van der Waals surface area contributed by atoms with E-state index in [1.165, 1.54) is 28.7 Å². The topological polar surface area (TPSA) is 85.7 Å². The minimum absolute atomic E-state index is 0.275. The molecule has 0 radical (unpaired) electrons. The van der Waals surface area contributed by atoms with E-state index in [1.807, 2.05) is 37.3 Å². The lowest BCUT2D eigenvalue weighted by Crippen LogP contribution is -2.28. The third kappa shape index (κ3) is 3.46. The molecule has 0 aliphatic carbocycles. The van der Waals surface area contributed by atoms with Gasteiger partial charge in [0.05, 0.1) is 5.69 Å². The Morgan fingerprint density at radius 1 is 1.03 bits per heavy atom. The Morgan fingerprint density at radius 3 is 2.52 bits per heavy atom. The highest BCUT2D eigenvalue weighted by atomic mass is 19.1. The van der Waals surface area contributed by atoms with Gasteiger partial charge in [-0.15, -0.1) is 5.10 Å². The van der Waals surface area contributed by atoms with Gasteiger partial charge in [0.15, 0.2) is 5.65 Å². The van der Waals surface area contributed by atoms with Crippen molar-refractivity contribution in [2.75, 3.05) is 5.32 Å². The average molecular weight is 416 g/mol. The Balaban J connectivity index is 1.48. The fourth-order valence-corrected chi connectivity index (χ4v) is 3.37. The number of fused-ring (bicyclic) bond motifs is 3. The zero-order valence-corrected chi connectivity index (χ0v) is 16.5. The van der Waals surface area contributed by atoms with Crippen molar-refractivity contribution in [3.8, 4) is 11.3 Å². The molecule has 31 heavy (non-hydrogen) atoms. The van der Waals surface area contributed by atoms with Crippen LogP contribution in [0.25, 0.3) is 22.4 Å². The summed E-state index contributed by atoms with van der Waals surface area (Å²) in [6.45, 7) is 1.74. The molecule has 0 unspecified atom stereocenters. The van der Waals surface area contributed by atoms with Crippen LogP contribution < -0.4 is 11.0 Å². The predicted molar refractivity (Wildman–Crippen MR) is 113 cm³/mol. The van der Waals surface area contributed by atoms with Gasteiger partial charge in [0.2, 0.25) is 5.91 Å². The van der Waals surface area contributed by atoms with Crippen LogP contribution in [0.3, 0.4) is 0 Å². The number of amides is 1. The minimum Gasteiger partial charge on any atom is -0.324 e. The highest BCUT2D eigenvalue weighted by molar-refractivity contribution is 5.90. The van der Waals surface area contributed by atoms with Crippen molar-refractivity contribution >= 4 is 22.8 Å². The van der Waals surface area contributed by atoms with Crippen LogP contribution in [0, 0.1) is 12.7 Å². The van der Waals surface area contributed by atoms with Crippen molar-refractivity contribution in [1.82, 2.24) is 23.8 Å². The Kier molecular flexibility index (Phi) is 4.36. The van der Waals surface area contributed by atoms with Crippen LogP contribution in [-0.2, 0) is 11.3 Å². The van der Waals surface area contributed by atoms with E-state index in [-0.39, 0.29) is 6.54 Å². The number of carbonyl (C=O) groups is 1. The van der Waals surface area contributed by atoms with Crippen LogP contribution in [-0.4, -0.2) is 29.7 Å². The van der Waals surface area contributed by atoms with Crippen molar-refractivity contribution in [2.45, 2.75) is 13.5 Å². The van der Waals surface area contributed by atoms with Gasteiger partial charge in [-0.25, -0.2) is 22.8 Å². The number of hydrogen-bond donors (Lipinski definition) is 1. The molecule has 0 saturated heterocycles. The molecule has 0 fully saturated rings. The smallest absolute Gasteiger partial charge is 0.324 e. The van der Waals surface area contributed by atoms with E-state index in [0.29, 0.717) is 16.9 Å².